The topological polar surface area (TPSA) is 152 Å². The van der Waals surface area contributed by atoms with Crippen molar-refractivity contribution in [2.45, 2.75) is 11.2 Å². The molecule has 0 heterocycles. The van der Waals surface area contributed by atoms with Crippen LogP contribution in [0, 0.1) is 0 Å². The Hall–Kier alpha value is -3.11. The van der Waals surface area contributed by atoms with Gasteiger partial charge in [0, 0.05) is 0 Å². The molecule has 4 rings (SSSR count). The summed E-state index contributed by atoms with van der Waals surface area (Å²) < 4.78 is 0. The van der Waals surface area contributed by atoms with E-state index >= 15 is 0 Å². The van der Waals surface area contributed by atoms with Crippen molar-refractivity contribution in [3.63, 3.8) is 0 Å². The Bertz CT molecular complexity index is 1040. The molecular formula is C28H24Li2O7. The Morgan fingerprint density at radius 2 is 0.622 bits per heavy atom. The first-order valence-corrected chi connectivity index (χ1v) is 10.4. The number of aliphatic carboxylic acids is 2. The maximum atomic E-state index is 11.3. The van der Waals surface area contributed by atoms with Gasteiger partial charge in [-0.05, 0) is 22.3 Å². The van der Waals surface area contributed by atoms with Gasteiger partial charge < -0.3 is 35.5 Å². The van der Waals surface area contributed by atoms with E-state index in [9.17, 15) is 30.0 Å². The zero-order valence-corrected chi connectivity index (χ0v) is 20.6. The van der Waals surface area contributed by atoms with Crippen molar-refractivity contribution in [1.82, 2.24) is 0 Å². The standard InChI is InChI=1S/2C14H12O3.2Li.H2O/c2*15-13(16)14(17,11-7-3-1-4-8-11)12-9-5-2-6-10-12;;;/h2*1-10,17H,(H,15,16);;;1H2/q;;2*+1;/p-2. The van der Waals surface area contributed by atoms with Crippen molar-refractivity contribution < 1.29 is 73.2 Å². The fourth-order valence-corrected chi connectivity index (χ4v) is 3.52. The van der Waals surface area contributed by atoms with E-state index in [0.29, 0.717) is 0 Å². The van der Waals surface area contributed by atoms with Crippen LogP contribution in [0.25, 0.3) is 0 Å². The second kappa shape index (κ2) is 15.2. The Labute approximate surface area is 239 Å². The SMILES string of the molecule is O.O=C([O-])C(O)(c1ccccc1)c1ccccc1.O=C([O-])C(O)(c1ccccc1)c1ccccc1.[Li+].[Li+]. The molecule has 0 spiro atoms. The number of hydrogen-bond acceptors (Lipinski definition) is 6. The molecular weight excluding hydrogens is 462 g/mol. The van der Waals surface area contributed by atoms with E-state index in [1.54, 1.807) is 121 Å². The molecule has 0 amide bonds. The first-order valence-electron chi connectivity index (χ1n) is 10.4. The van der Waals surface area contributed by atoms with Gasteiger partial charge in [0.25, 0.3) is 0 Å². The molecule has 0 aliphatic heterocycles. The van der Waals surface area contributed by atoms with Gasteiger partial charge in [0.15, 0.2) is 11.2 Å². The van der Waals surface area contributed by atoms with Crippen molar-refractivity contribution in [3.8, 4) is 0 Å². The van der Waals surface area contributed by atoms with Crippen molar-refractivity contribution in [2.24, 2.45) is 0 Å². The summed E-state index contributed by atoms with van der Waals surface area (Å²) in [6.07, 6.45) is 0. The van der Waals surface area contributed by atoms with E-state index < -0.39 is 23.1 Å². The number of rotatable bonds is 6. The third-order valence-corrected chi connectivity index (χ3v) is 5.36. The minimum atomic E-state index is -2.11. The fraction of sp³-hybridized carbons (Fsp3) is 0.0714. The first-order chi connectivity index (χ1) is 16.3. The Kier molecular flexibility index (Phi) is 13.9. The van der Waals surface area contributed by atoms with Gasteiger partial charge >= 0.3 is 37.7 Å². The van der Waals surface area contributed by atoms with E-state index in [2.05, 4.69) is 0 Å². The van der Waals surface area contributed by atoms with Crippen LogP contribution in [0.1, 0.15) is 22.3 Å². The zero-order chi connectivity index (χ0) is 24.6. The molecule has 4 N–H and O–H groups in total. The Morgan fingerprint density at radius 3 is 0.757 bits per heavy atom. The third-order valence-electron chi connectivity index (χ3n) is 5.36. The molecule has 7 nitrogen and oxygen atoms in total. The maximum absolute atomic E-state index is 11.3. The smallest absolute Gasteiger partial charge is 0.546 e. The van der Waals surface area contributed by atoms with Gasteiger partial charge in [0.1, 0.15) is 0 Å². The fourth-order valence-electron chi connectivity index (χ4n) is 3.52. The van der Waals surface area contributed by atoms with Crippen LogP contribution in [0.15, 0.2) is 121 Å². The largest absolute Gasteiger partial charge is 1.00 e. The number of aliphatic hydroxyl groups is 2. The molecule has 37 heavy (non-hydrogen) atoms. The molecule has 0 saturated carbocycles. The van der Waals surface area contributed by atoms with Crippen LogP contribution in [-0.4, -0.2) is 27.6 Å². The van der Waals surface area contributed by atoms with Gasteiger partial charge in [-0.3, -0.25) is 0 Å². The van der Waals surface area contributed by atoms with E-state index in [0.717, 1.165) is 0 Å². The monoisotopic (exact) mass is 486 g/mol. The molecule has 0 unspecified atom stereocenters. The Balaban J connectivity index is 0.000000648. The third kappa shape index (κ3) is 7.46. The summed E-state index contributed by atoms with van der Waals surface area (Å²) in [6.45, 7) is 0. The minimum absolute atomic E-state index is 0. The van der Waals surface area contributed by atoms with Crippen LogP contribution in [0.5, 0.6) is 0 Å². The molecule has 0 atom stereocenters. The van der Waals surface area contributed by atoms with Gasteiger partial charge in [-0.25, -0.2) is 0 Å². The summed E-state index contributed by atoms with van der Waals surface area (Å²) in [5, 5.41) is 43.3. The first kappa shape index (κ1) is 33.9. The zero-order valence-electron chi connectivity index (χ0n) is 20.6. The molecule has 0 saturated heterocycles. The number of benzene rings is 4. The number of carboxylic acids is 2. The van der Waals surface area contributed by atoms with Crippen LogP contribution >= 0.6 is 0 Å². The van der Waals surface area contributed by atoms with Gasteiger partial charge in [-0.1, -0.05) is 121 Å². The summed E-state index contributed by atoms with van der Waals surface area (Å²) in [6, 6.07) is 32.9. The number of carbonyl (C=O) groups is 2. The van der Waals surface area contributed by atoms with Crippen LogP contribution in [0.3, 0.4) is 0 Å². The maximum Gasteiger partial charge on any atom is 1.00 e. The number of carboxylic acid groups (broad SMARTS) is 2. The van der Waals surface area contributed by atoms with Crippen LogP contribution in [0.4, 0.5) is 0 Å². The van der Waals surface area contributed by atoms with Crippen LogP contribution < -0.4 is 47.9 Å². The van der Waals surface area contributed by atoms with Crippen LogP contribution in [-0.2, 0) is 20.8 Å². The average Bonchev–Trinajstić information content (AvgIpc) is 2.90. The summed E-state index contributed by atoms with van der Waals surface area (Å²) >= 11 is 0. The van der Waals surface area contributed by atoms with Crippen molar-refractivity contribution in [1.29, 1.82) is 0 Å². The normalized spacial score (nSPS) is 10.2. The second-order valence-corrected chi connectivity index (χ2v) is 7.46. The average molecular weight is 486 g/mol. The van der Waals surface area contributed by atoms with Crippen molar-refractivity contribution in [3.05, 3.63) is 144 Å². The molecule has 0 radical (unpaired) electrons. The molecule has 180 valence electrons. The van der Waals surface area contributed by atoms with Crippen LogP contribution in [0.2, 0.25) is 0 Å². The van der Waals surface area contributed by atoms with Crippen molar-refractivity contribution in [2.75, 3.05) is 0 Å². The molecule has 0 fully saturated rings. The molecule has 9 heteroatoms. The summed E-state index contributed by atoms with van der Waals surface area (Å²) in [4.78, 5) is 22.5. The van der Waals surface area contributed by atoms with E-state index in [4.69, 9.17) is 0 Å². The molecule has 0 aliphatic carbocycles. The van der Waals surface area contributed by atoms with Gasteiger partial charge in [0.2, 0.25) is 0 Å². The minimum Gasteiger partial charge on any atom is -0.546 e. The van der Waals surface area contributed by atoms with E-state index in [1.165, 1.54) is 0 Å². The van der Waals surface area contributed by atoms with Gasteiger partial charge in [-0.2, -0.15) is 0 Å². The molecule has 4 aromatic rings. The number of hydrogen-bond donors (Lipinski definition) is 2. The van der Waals surface area contributed by atoms with E-state index in [1.807, 2.05) is 0 Å². The van der Waals surface area contributed by atoms with Gasteiger partial charge in [-0.15, -0.1) is 0 Å². The molecule has 0 aromatic heterocycles. The molecule has 0 bridgehead atoms. The molecule has 4 aromatic carbocycles. The molecule has 0 aliphatic rings. The quantitative estimate of drug-likeness (QED) is 0.260. The van der Waals surface area contributed by atoms with Gasteiger partial charge in [0.05, 0.1) is 11.9 Å². The summed E-state index contributed by atoms with van der Waals surface area (Å²) in [5.74, 6) is -3.06. The summed E-state index contributed by atoms with van der Waals surface area (Å²) in [5.41, 5.74) is -3.08. The number of carbonyl (C=O) groups excluding carboxylic acids is 2. The van der Waals surface area contributed by atoms with E-state index in [-0.39, 0.29) is 65.5 Å². The summed E-state index contributed by atoms with van der Waals surface area (Å²) in [7, 11) is 0. The van der Waals surface area contributed by atoms with Crippen molar-refractivity contribution >= 4 is 11.9 Å². The predicted octanol–water partition coefficient (Wildman–Crippen LogP) is -5.47. The second-order valence-electron chi connectivity index (χ2n) is 7.46. The Morgan fingerprint density at radius 1 is 0.459 bits per heavy atom. The predicted molar refractivity (Wildman–Crippen MR) is 125 cm³/mol.